The third-order valence-corrected chi connectivity index (χ3v) is 8.20. The summed E-state index contributed by atoms with van der Waals surface area (Å²) < 4.78 is 0. The molecule has 0 nitrogen and oxygen atoms in total. The smallest absolute Gasteiger partial charge is 0.0235 e. The Morgan fingerprint density at radius 3 is 1.55 bits per heavy atom. The first-order valence-electron chi connectivity index (χ1n) is 9.04. The highest BCUT2D eigenvalue weighted by atomic mass is 14.7. The summed E-state index contributed by atoms with van der Waals surface area (Å²) in [5.74, 6) is 2.76. The summed E-state index contributed by atoms with van der Waals surface area (Å²) in [7, 11) is 0. The van der Waals surface area contributed by atoms with Gasteiger partial charge < -0.3 is 0 Å². The molecular formula is C20H36. The molecule has 0 spiro atoms. The summed E-state index contributed by atoms with van der Waals surface area (Å²) in [5, 5.41) is 0. The van der Waals surface area contributed by atoms with Crippen molar-refractivity contribution in [2.24, 2.45) is 39.4 Å². The van der Waals surface area contributed by atoms with Gasteiger partial charge in [-0.05, 0) is 77.9 Å². The van der Waals surface area contributed by atoms with Crippen molar-refractivity contribution in [3.63, 3.8) is 0 Å². The fourth-order valence-corrected chi connectivity index (χ4v) is 6.71. The van der Waals surface area contributed by atoms with Gasteiger partial charge in [-0.2, -0.15) is 0 Å². The predicted molar refractivity (Wildman–Crippen MR) is 87.6 cm³/mol. The van der Waals surface area contributed by atoms with Crippen molar-refractivity contribution >= 4 is 0 Å². The normalized spacial score (nSPS) is 47.5. The molecule has 0 aromatic heterocycles. The van der Waals surface area contributed by atoms with Crippen LogP contribution in [-0.4, -0.2) is 0 Å². The molecule has 0 radical (unpaired) electrons. The molecule has 0 N–H and O–H groups in total. The molecule has 4 saturated carbocycles. The van der Waals surface area contributed by atoms with E-state index in [0.717, 1.165) is 17.8 Å². The molecular weight excluding hydrogens is 240 g/mol. The van der Waals surface area contributed by atoms with Crippen LogP contribution in [0.2, 0.25) is 0 Å². The van der Waals surface area contributed by atoms with Crippen LogP contribution in [-0.2, 0) is 0 Å². The lowest BCUT2D eigenvalue weighted by Crippen LogP contribution is -2.62. The number of rotatable bonds is 2. The highest BCUT2D eigenvalue weighted by Crippen LogP contribution is 2.76. The minimum Gasteiger partial charge on any atom is -0.0622 e. The lowest BCUT2D eigenvalue weighted by atomic mass is 9.33. The molecule has 4 rings (SSSR count). The first-order chi connectivity index (χ1) is 9.04. The zero-order valence-electron chi connectivity index (χ0n) is 15.0. The summed E-state index contributed by atoms with van der Waals surface area (Å²) in [4.78, 5) is 0. The Kier molecular flexibility index (Phi) is 3.02. The van der Waals surface area contributed by atoms with Crippen LogP contribution in [0.1, 0.15) is 87.0 Å². The Morgan fingerprint density at radius 2 is 1.20 bits per heavy atom. The quantitative estimate of drug-likeness (QED) is 0.555. The van der Waals surface area contributed by atoms with Crippen LogP contribution in [0, 0.1) is 39.4 Å². The number of hydrogen-bond donors (Lipinski definition) is 0. The van der Waals surface area contributed by atoms with Crippen LogP contribution in [0.25, 0.3) is 0 Å². The van der Waals surface area contributed by atoms with Crippen LogP contribution in [0.15, 0.2) is 0 Å². The number of hydrogen-bond acceptors (Lipinski definition) is 0. The molecule has 0 aliphatic heterocycles. The van der Waals surface area contributed by atoms with E-state index >= 15 is 0 Å². The summed E-state index contributed by atoms with van der Waals surface area (Å²) in [6.45, 7) is 17.6. The molecule has 4 fully saturated rings. The van der Waals surface area contributed by atoms with Crippen LogP contribution in [0.5, 0.6) is 0 Å². The third kappa shape index (κ3) is 1.78. The summed E-state index contributed by atoms with van der Waals surface area (Å²) in [6.07, 6.45) is 9.18. The summed E-state index contributed by atoms with van der Waals surface area (Å²) in [6, 6.07) is 0. The van der Waals surface area contributed by atoms with Crippen molar-refractivity contribution in [1.29, 1.82) is 0 Å². The largest absolute Gasteiger partial charge is 0.0622 e. The minimum atomic E-state index is 0.479. The SMILES string of the molecule is CC(C)[C@@]12CC3CC(C(C)(C)C)(C1)C[C@](C(C)C)(C3)C2. The van der Waals surface area contributed by atoms with E-state index in [1.807, 2.05) is 0 Å². The second-order valence-electron chi connectivity index (χ2n) is 10.6. The van der Waals surface area contributed by atoms with E-state index in [-0.39, 0.29) is 0 Å². The average molecular weight is 277 g/mol. The first-order valence-corrected chi connectivity index (χ1v) is 9.04. The molecule has 0 amide bonds. The lowest BCUT2D eigenvalue weighted by molar-refractivity contribution is -0.222. The van der Waals surface area contributed by atoms with E-state index in [9.17, 15) is 0 Å². The van der Waals surface area contributed by atoms with Gasteiger partial charge in [-0.15, -0.1) is 0 Å². The topological polar surface area (TPSA) is 0 Å². The third-order valence-electron chi connectivity index (χ3n) is 8.20. The van der Waals surface area contributed by atoms with E-state index in [2.05, 4.69) is 48.5 Å². The maximum absolute atomic E-state index is 2.53. The van der Waals surface area contributed by atoms with Gasteiger partial charge in [0.05, 0.1) is 0 Å². The molecule has 0 heterocycles. The van der Waals surface area contributed by atoms with Crippen LogP contribution in [0.3, 0.4) is 0 Å². The van der Waals surface area contributed by atoms with E-state index in [4.69, 9.17) is 0 Å². The van der Waals surface area contributed by atoms with Crippen molar-refractivity contribution in [2.75, 3.05) is 0 Å². The Morgan fingerprint density at radius 1 is 0.750 bits per heavy atom. The molecule has 2 unspecified atom stereocenters. The predicted octanol–water partition coefficient (Wildman–Crippen LogP) is 6.30. The minimum absolute atomic E-state index is 0.479. The van der Waals surface area contributed by atoms with E-state index in [1.165, 1.54) is 38.5 Å². The fourth-order valence-electron chi connectivity index (χ4n) is 6.71. The van der Waals surface area contributed by atoms with Gasteiger partial charge in [-0.1, -0.05) is 48.5 Å². The Balaban J connectivity index is 2.10. The molecule has 4 aliphatic carbocycles. The van der Waals surface area contributed by atoms with Gasteiger partial charge in [-0.3, -0.25) is 0 Å². The van der Waals surface area contributed by atoms with Gasteiger partial charge in [0.25, 0.3) is 0 Å². The summed E-state index contributed by atoms with van der Waals surface area (Å²) in [5.41, 5.74) is 2.43. The van der Waals surface area contributed by atoms with Crippen molar-refractivity contribution in [3.8, 4) is 0 Å². The maximum Gasteiger partial charge on any atom is -0.0235 e. The highest BCUT2D eigenvalue weighted by molar-refractivity contribution is 5.16. The zero-order valence-corrected chi connectivity index (χ0v) is 15.0. The fraction of sp³-hybridized carbons (Fsp3) is 1.00. The average Bonchev–Trinajstić information content (AvgIpc) is 2.25. The molecule has 20 heavy (non-hydrogen) atoms. The molecule has 0 heteroatoms. The van der Waals surface area contributed by atoms with Crippen molar-refractivity contribution < 1.29 is 0 Å². The van der Waals surface area contributed by atoms with E-state index in [0.29, 0.717) is 21.7 Å². The summed E-state index contributed by atoms with van der Waals surface area (Å²) >= 11 is 0. The lowest BCUT2D eigenvalue weighted by Gasteiger charge is -2.72. The molecule has 116 valence electrons. The molecule has 0 aromatic rings. The van der Waals surface area contributed by atoms with Crippen molar-refractivity contribution in [2.45, 2.75) is 87.0 Å². The van der Waals surface area contributed by atoms with Crippen molar-refractivity contribution in [1.82, 2.24) is 0 Å². The van der Waals surface area contributed by atoms with Crippen LogP contribution in [0.4, 0.5) is 0 Å². The zero-order chi connectivity index (χ0) is 15.0. The van der Waals surface area contributed by atoms with Crippen LogP contribution >= 0.6 is 0 Å². The second kappa shape index (κ2) is 4.05. The maximum atomic E-state index is 2.53. The van der Waals surface area contributed by atoms with E-state index in [1.54, 1.807) is 0 Å². The van der Waals surface area contributed by atoms with Gasteiger partial charge in [0.1, 0.15) is 0 Å². The molecule has 4 bridgehead atoms. The second-order valence-corrected chi connectivity index (χ2v) is 10.6. The molecule has 4 atom stereocenters. The van der Waals surface area contributed by atoms with Gasteiger partial charge in [0, 0.05) is 0 Å². The van der Waals surface area contributed by atoms with Crippen LogP contribution < -0.4 is 0 Å². The Hall–Kier alpha value is 0. The van der Waals surface area contributed by atoms with E-state index < -0.39 is 0 Å². The molecule has 4 aliphatic rings. The monoisotopic (exact) mass is 276 g/mol. The van der Waals surface area contributed by atoms with Gasteiger partial charge in [0.15, 0.2) is 0 Å². The van der Waals surface area contributed by atoms with Crippen molar-refractivity contribution in [3.05, 3.63) is 0 Å². The molecule has 0 aromatic carbocycles. The highest BCUT2D eigenvalue weighted by Gasteiger charge is 2.66. The Labute approximate surface area is 127 Å². The van der Waals surface area contributed by atoms with Gasteiger partial charge >= 0.3 is 0 Å². The standard InChI is InChI=1S/C20H36/c1-14(2)18-8-16-9-19(11-18,15(3)4)13-20(10-16,12-18)17(5,6)7/h14-16H,8-13H2,1-7H3/t16?,18-,19+,20?. The molecule has 0 saturated heterocycles. The first kappa shape index (κ1) is 14.9. The van der Waals surface area contributed by atoms with Gasteiger partial charge in [-0.25, -0.2) is 0 Å². The van der Waals surface area contributed by atoms with Gasteiger partial charge in [0.2, 0.25) is 0 Å². The Bertz CT molecular complexity index is 371.